The van der Waals surface area contributed by atoms with E-state index in [0.29, 0.717) is 41.1 Å². The summed E-state index contributed by atoms with van der Waals surface area (Å²) in [7, 11) is -2.93. The van der Waals surface area contributed by atoms with Gasteiger partial charge in [0, 0.05) is 23.7 Å². The second kappa shape index (κ2) is 12.8. The van der Waals surface area contributed by atoms with Crippen LogP contribution in [0, 0.1) is 5.82 Å². The van der Waals surface area contributed by atoms with E-state index in [0.717, 1.165) is 31.2 Å². The SMILES string of the molecule is COc1cc2c(Oc3ccc(CS(=O)(=O)c4ccccc4C(F)(F)F)cc3F)ccnc2cc1OCCCNC1CCC1. The Morgan fingerprint density at radius 2 is 1.77 bits per heavy atom. The van der Waals surface area contributed by atoms with Gasteiger partial charge in [-0.05, 0) is 67.8 Å². The molecule has 5 rings (SSSR count). The molecular weight excluding hydrogens is 588 g/mol. The zero-order valence-electron chi connectivity index (χ0n) is 23.3. The summed E-state index contributed by atoms with van der Waals surface area (Å²) in [6.07, 6.45) is 1.15. The smallest absolute Gasteiger partial charge is 0.417 e. The number of nitrogens with zero attached hydrogens (tertiary/aromatic N) is 1. The van der Waals surface area contributed by atoms with Crippen molar-refractivity contribution >= 4 is 20.7 Å². The van der Waals surface area contributed by atoms with E-state index in [4.69, 9.17) is 14.2 Å². The molecule has 1 aliphatic rings. The number of fused-ring (bicyclic) bond motifs is 1. The van der Waals surface area contributed by atoms with E-state index in [9.17, 15) is 21.6 Å². The molecule has 0 aliphatic heterocycles. The molecule has 0 saturated heterocycles. The summed E-state index contributed by atoms with van der Waals surface area (Å²) in [5.74, 6) is -0.708. The number of pyridine rings is 1. The second-order valence-corrected chi connectivity index (χ2v) is 12.2. The molecule has 0 spiro atoms. The van der Waals surface area contributed by atoms with E-state index >= 15 is 4.39 Å². The summed E-state index contributed by atoms with van der Waals surface area (Å²) in [5, 5.41) is 4.01. The summed E-state index contributed by atoms with van der Waals surface area (Å²) in [6, 6.07) is 12.9. The Morgan fingerprint density at radius 3 is 2.47 bits per heavy atom. The molecule has 1 N–H and O–H groups in total. The predicted molar refractivity (Wildman–Crippen MR) is 153 cm³/mol. The summed E-state index contributed by atoms with van der Waals surface area (Å²) in [6.45, 7) is 1.33. The Hall–Kier alpha value is -3.90. The van der Waals surface area contributed by atoms with Crippen LogP contribution in [-0.2, 0) is 21.8 Å². The van der Waals surface area contributed by atoms with E-state index in [1.54, 1.807) is 18.2 Å². The normalized spacial score (nSPS) is 14.0. The fraction of sp³-hybridized carbons (Fsp3) is 0.323. The number of sulfone groups is 1. The molecule has 0 amide bonds. The first-order chi connectivity index (χ1) is 20.5. The predicted octanol–water partition coefficient (Wildman–Crippen LogP) is 7.08. The van der Waals surface area contributed by atoms with Crippen LogP contribution in [-0.4, -0.2) is 39.7 Å². The Balaban J connectivity index is 1.31. The molecule has 0 atom stereocenters. The molecule has 1 aliphatic carbocycles. The first-order valence-corrected chi connectivity index (χ1v) is 15.4. The number of rotatable bonds is 12. The van der Waals surface area contributed by atoms with Gasteiger partial charge in [0.05, 0.1) is 35.4 Å². The minimum atomic E-state index is -4.86. The number of aromatic nitrogens is 1. The third-order valence-corrected chi connectivity index (χ3v) is 8.94. The summed E-state index contributed by atoms with van der Waals surface area (Å²) >= 11 is 0. The van der Waals surface area contributed by atoms with Gasteiger partial charge in [0.1, 0.15) is 5.75 Å². The molecule has 0 radical (unpaired) electrons. The maximum atomic E-state index is 15.1. The number of hydrogen-bond donors (Lipinski definition) is 1. The molecule has 0 bridgehead atoms. The van der Waals surface area contributed by atoms with Gasteiger partial charge in [0.25, 0.3) is 0 Å². The molecule has 228 valence electrons. The van der Waals surface area contributed by atoms with Crippen LogP contribution in [0.3, 0.4) is 0 Å². The minimum Gasteiger partial charge on any atom is -0.493 e. The molecule has 7 nitrogen and oxygen atoms in total. The molecule has 1 saturated carbocycles. The summed E-state index contributed by atoms with van der Waals surface area (Å²) in [4.78, 5) is 3.50. The summed E-state index contributed by atoms with van der Waals surface area (Å²) in [5.41, 5.74) is -0.787. The van der Waals surface area contributed by atoms with E-state index in [-0.39, 0.29) is 17.1 Å². The van der Waals surface area contributed by atoms with Gasteiger partial charge in [-0.2, -0.15) is 13.2 Å². The molecule has 1 aromatic heterocycles. The fourth-order valence-corrected chi connectivity index (χ4v) is 6.35. The third kappa shape index (κ3) is 7.19. The Kier molecular flexibility index (Phi) is 9.07. The lowest BCUT2D eigenvalue weighted by atomic mass is 9.93. The van der Waals surface area contributed by atoms with Gasteiger partial charge in [0.15, 0.2) is 32.9 Å². The number of nitrogens with one attached hydrogen (secondary N) is 1. The first-order valence-electron chi connectivity index (χ1n) is 13.7. The molecular formula is C31H30F4N2O5S. The molecule has 4 aromatic rings. The van der Waals surface area contributed by atoms with Crippen LogP contribution < -0.4 is 19.5 Å². The lowest BCUT2D eigenvalue weighted by molar-refractivity contribution is -0.139. The highest BCUT2D eigenvalue weighted by Crippen LogP contribution is 2.38. The molecule has 0 unspecified atom stereocenters. The van der Waals surface area contributed by atoms with Crippen molar-refractivity contribution in [2.24, 2.45) is 0 Å². The second-order valence-electron chi connectivity index (χ2n) is 10.2. The quantitative estimate of drug-likeness (QED) is 0.134. The van der Waals surface area contributed by atoms with Crippen molar-refractivity contribution in [1.82, 2.24) is 10.3 Å². The lowest BCUT2D eigenvalue weighted by Crippen LogP contribution is -2.36. The van der Waals surface area contributed by atoms with Crippen molar-refractivity contribution in [3.63, 3.8) is 0 Å². The fourth-order valence-electron chi connectivity index (χ4n) is 4.77. The van der Waals surface area contributed by atoms with E-state index in [2.05, 4.69) is 10.3 Å². The van der Waals surface area contributed by atoms with Crippen molar-refractivity contribution in [2.75, 3.05) is 20.3 Å². The monoisotopic (exact) mass is 618 g/mol. The maximum Gasteiger partial charge on any atom is 0.417 e. The van der Waals surface area contributed by atoms with Gasteiger partial charge in [-0.1, -0.05) is 24.6 Å². The van der Waals surface area contributed by atoms with E-state index in [1.165, 1.54) is 50.8 Å². The van der Waals surface area contributed by atoms with E-state index in [1.807, 2.05) is 0 Å². The van der Waals surface area contributed by atoms with Gasteiger partial charge < -0.3 is 19.5 Å². The topological polar surface area (TPSA) is 86.8 Å². The standard InChI is InChI=1S/C31H30F4N2O5S/c1-40-28-17-22-25(18-29(28)41-15-5-13-36-21-6-4-7-21)37-14-12-26(22)42-27-11-10-20(16-24(27)32)19-43(38,39)30-9-3-2-8-23(30)31(33,34)35/h2-3,8-12,14,16-18,21,36H,4-7,13,15,19H2,1H3. The number of alkyl halides is 3. The van der Waals surface area contributed by atoms with Crippen LogP contribution in [0.2, 0.25) is 0 Å². The Bertz CT molecular complexity index is 1710. The van der Waals surface area contributed by atoms with Crippen LogP contribution >= 0.6 is 0 Å². The van der Waals surface area contributed by atoms with Crippen molar-refractivity contribution in [3.8, 4) is 23.0 Å². The van der Waals surface area contributed by atoms with Gasteiger partial charge in [-0.25, -0.2) is 12.8 Å². The zero-order valence-corrected chi connectivity index (χ0v) is 24.1. The van der Waals surface area contributed by atoms with Crippen LogP contribution in [0.25, 0.3) is 10.9 Å². The number of ether oxygens (including phenoxy) is 3. The molecule has 43 heavy (non-hydrogen) atoms. The number of halogens is 4. The molecule has 1 fully saturated rings. The minimum absolute atomic E-state index is 0.0345. The van der Waals surface area contributed by atoms with Gasteiger partial charge in [-0.3, -0.25) is 4.98 Å². The average molecular weight is 619 g/mol. The van der Waals surface area contributed by atoms with E-state index < -0.39 is 38.0 Å². The van der Waals surface area contributed by atoms with Crippen molar-refractivity contribution in [1.29, 1.82) is 0 Å². The van der Waals surface area contributed by atoms with Gasteiger partial charge in [-0.15, -0.1) is 0 Å². The van der Waals surface area contributed by atoms with Gasteiger partial charge >= 0.3 is 6.18 Å². The van der Waals surface area contributed by atoms with Crippen LogP contribution in [0.15, 0.2) is 71.8 Å². The molecule has 1 heterocycles. The van der Waals surface area contributed by atoms with Crippen molar-refractivity contribution < 1.29 is 40.2 Å². The largest absolute Gasteiger partial charge is 0.493 e. The Labute approximate surface area is 246 Å². The van der Waals surface area contributed by atoms with Crippen LogP contribution in [0.4, 0.5) is 17.6 Å². The number of hydrogen-bond acceptors (Lipinski definition) is 7. The number of methoxy groups -OCH3 is 1. The maximum absolute atomic E-state index is 15.1. The Morgan fingerprint density at radius 1 is 0.977 bits per heavy atom. The van der Waals surface area contributed by atoms with Crippen molar-refractivity contribution in [2.45, 2.75) is 48.5 Å². The molecule has 3 aromatic carbocycles. The lowest BCUT2D eigenvalue weighted by Gasteiger charge is -2.26. The zero-order chi connectivity index (χ0) is 30.6. The average Bonchev–Trinajstić information content (AvgIpc) is 2.94. The van der Waals surface area contributed by atoms with Crippen molar-refractivity contribution in [3.05, 3.63) is 83.8 Å². The number of benzene rings is 3. The van der Waals surface area contributed by atoms with Crippen LogP contribution in [0.5, 0.6) is 23.0 Å². The summed E-state index contributed by atoms with van der Waals surface area (Å²) < 4.78 is 98.2. The third-order valence-electron chi connectivity index (χ3n) is 7.20. The van der Waals surface area contributed by atoms with Crippen LogP contribution in [0.1, 0.15) is 36.8 Å². The highest BCUT2D eigenvalue weighted by atomic mass is 32.2. The van der Waals surface area contributed by atoms with Gasteiger partial charge in [0.2, 0.25) is 0 Å². The highest BCUT2D eigenvalue weighted by Gasteiger charge is 2.36. The highest BCUT2D eigenvalue weighted by molar-refractivity contribution is 7.90. The molecule has 12 heteroatoms. The first kappa shape index (κ1) is 30.6.